The first-order valence-electron chi connectivity index (χ1n) is 6.12. The van der Waals surface area contributed by atoms with E-state index in [1.54, 1.807) is 0 Å². The molecule has 0 aliphatic heterocycles. The van der Waals surface area contributed by atoms with Gasteiger partial charge in [-0.1, -0.05) is 24.3 Å². The molecular weight excluding hydrogens is 222 g/mol. The summed E-state index contributed by atoms with van der Waals surface area (Å²) in [5.41, 5.74) is 11.2. The molecule has 0 radical (unpaired) electrons. The lowest BCUT2D eigenvalue weighted by Gasteiger charge is -2.14. The number of benzene rings is 2. The van der Waals surface area contributed by atoms with E-state index in [9.17, 15) is 0 Å². The average Bonchev–Trinajstić information content (AvgIpc) is 2.30. The van der Waals surface area contributed by atoms with Crippen LogP contribution >= 0.6 is 0 Å². The van der Waals surface area contributed by atoms with E-state index in [1.807, 2.05) is 38.1 Å². The molecule has 2 aromatic carbocycles. The van der Waals surface area contributed by atoms with Crippen molar-refractivity contribution < 1.29 is 4.74 Å². The van der Waals surface area contributed by atoms with Gasteiger partial charge in [-0.2, -0.15) is 0 Å². The van der Waals surface area contributed by atoms with Crippen LogP contribution in [0.1, 0.15) is 22.3 Å². The van der Waals surface area contributed by atoms with Crippen LogP contribution in [0.15, 0.2) is 36.4 Å². The standard InChI is InChI=1S/C16H19NO/c1-11-6-4-5-7-14(11)10-18-16-12(2)8-15(17)9-13(16)3/h4-9H,10,17H2,1-3H3. The van der Waals surface area contributed by atoms with E-state index >= 15 is 0 Å². The van der Waals surface area contributed by atoms with Crippen LogP contribution in [0.3, 0.4) is 0 Å². The van der Waals surface area contributed by atoms with Gasteiger partial charge in [0.1, 0.15) is 12.4 Å². The molecule has 0 fully saturated rings. The highest BCUT2D eigenvalue weighted by atomic mass is 16.5. The Bertz CT molecular complexity index is 538. The minimum absolute atomic E-state index is 0.596. The van der Waals surface area contributed by atoms with Crippen molar-refractivity contribution >= 4 is 5.69 Å². The van der Waals surface area contributed by atoms with Gasteiger partial charge in [-0.05, 0) is 55.2 Å². The first kappa shape index (κ1) is 12.5. The summed E-state index contributed by atoms with van der Waals surface area (Å²) in [6.45, 7) is 6.74. The van der Waals surface area contributed by atoms with Crippen LogP contribution in [0.25, 0.3) is 0 Å². The van der Waals surface area contributed by atoms with Gasteiger partial charge in [0.25, 0.3) is 0 Å². The highest BCUT2D eigenvalue weighted by Crippen LogP contribution is 2.26. The van der Waals surface area contributed by atoms with Crippen LogP contribution in [0.5, 0.6) is 5.75 Å². The molecule has 0 bridgehead atoms. The van der Waals surface area contributed by atoms with Crippen molar-refractivity contribution in [1.29, 1.82) is 0 Å². The van der Waals surface area contributed by atoms with Gasteiger partial charge in [0.2, 0.25) is 0 Å². The minimum Gasteiger partial charge on any atom is -0.488 e. The van der Waals surface area contributed by atoms with E-state index < -0.39 is 0 Å². The summed E-state index contributed by atoms with van der Waals surface area (Å²) in [7, 11) is 0. The van der Waals surface area contributed by atoms with Gasteiger partial charge in [0.05, 0.1) is 0 Å². The second-order valence-corrected chi connectivity index (χ2v) is 4.70. The van der Waals surface area contributed by atoms with Gasteiger partial charge in [-0.25, -0.2) is 0 Å². The number of anilines is 1. The molecule has 0 aromatic heterocycles. The van der Waals surface area contributed by atoms with Crippen molar-refractivity contribution in [2.45, 2.75) is 27.4 Å². The third-order valence-electron chi connectivity index (χ3n) is 3.12. The van der Waals surface area contributed by atoms with Gasteiger partial charge in [-0.15, -0.1) is 0 Å². The third-order valence-corrected chi connectivity index (χ3v) is 3.12. The molecular formula is C16H19NO. The van der Waals surface area contributed by atoms with Crippen molar-refractivity contribution in [2.24, 2.45) is 0 Å². The summed E-state index contributed by atoms with van der Waals surface area (Å²) < 4.78 is 5.93. The molecule has 0 aliphatic carbocycles. The van der Waals surface area contributed by atoms with Crippen LogP contribution in [0.2, 0.25) is 0 Å². The third kappa shape index (κ3) is 2.65. The fourth-order valence-corrected chi connectivity index (χ4v) is 2.13. The topological polar surface area (TPSA) is 35.2 Å². The maximum Gasteiger partial charge on any atom is 0.125 e. The van der Waals surface area contributed by atoms with E-state index in [1.165, 1.54) is 11.1 Å². The Balaban J connectivity index is 2.19. The maximum absolute atomic E-state index is 5.93. The normalized spacial score (nSPS) is 10.4. The molecule has 18 heavy (non-hydrogen) atoms. The molecule has 0 spiro atoms. The smallest absolute Gasteiger partial charge is 0.125 e. The van der Waals surface area contributed by atoms with Gasteiger partial charge in [-0.3, -0.25) is 0 Å². The second-order valence-electron chi connectivity index (χ2n) is 4.70. The average molecular weight is 241 g/mol. The highest BCUT2D eigenvalue weighted by Gasteiger charge is 2.06. The molecule has 0 heterocycles. The summed E-state index contributed by atoms with van der Waals surface area (Å²) in [6, 6.07) is 12.2. The molecule has 2 nitrogen and oxygen atoms in total. The number of nitrogens with two attached hydrogens (primary N) is 1. The van der Waals surface area contributed by atoms with Crippen molar-refractivity contribution in [1.82, 2.24) is 0 Å². The van der Waals surface area contributed by atoms with Crippen molar-refractivity contribution in [2.75, 3.05) is 5.73 Å². The van der Waals surface area contributed by atoms with E-state index in [0.717, 1.165) is 22.6 Å². The Morgan fingerprint density at radius 1 is 0.944 bits per heavy atom. The van der Waals surface area contributed by atoms with Gasteiger partial charge < -0.3 is 10.5 Å². The van der Waals surface area contributed by atoms with Crippen LogP contribution < -0.4 is 10.5 Å². The number of nitrogen functional groups attached to an aromatic ring is 1. The molecule has 0 unspecified atom stereocenters. The van der Waals surface area contributed by atoms with E-state index in [0.29, 0.717) is 6.61 Å². The summed E-state index contributed by atoms with van der Waals surface area (Å²) in [6.07, 6.45) is 0. The van der Waals surface area contributed by atoms with E-state index in [2.05, 4.69) is 19.1 Å². The van der Waals surface area contributed by atoms with Crippen LogP contribution in [-0.4, -0.2) is 0 Å². The number of ether oxygens (including phenoxy) is 1. The zero-order chi connectivity index (χ0) is 13.1. The SMILES string of the molecule is Cc1ccccc1COc1c(C)cc(N)cc1C. The largest absolute Gasteiger partial charge is 0.488 e. The summed E-state index contributed by atoms with van der Waals surface area (Å²) >= 11 is 0. The number of rotatable bonds is 3. The molecule has 0 saturated heterocycles. The fraction of sp³-hybridized carbons (Fsp3) is 0.250. The molecule has 2 N–H and O–H groups in total. The first-order valence-corrected chi connectivity index (χ1v) is 6.12. The molecule has 0 atom stereocenters. The predicted octanol–water partition coefficient (Wildman–Crippen LogP) is 3.77. The molecule has 0 saturated carbocycles. The zero-order valence-corrected chi connectivity index (χ0v) is 11.2. The monoisotopic (exact) mass is 241 g/mol. The van der Waals surface area contributed by atoms with E-state index in [-0.39, 0.29) is 0 Å². The molecule has 2 heteroatoms. The van der Waals surface area contributed by atoms with Gasteiger partial charge in [0, 0.05) is 5.69 Å². The highest BCUT2D eigenvalue weighted by molar-refractivity contribution is 5.52. The zero-order valence-electron chi connectivity index (χ0n) is 11.2. The Labute approximate surface area is 108 Å². The summed E-state index contributed by atoms with van der Waals surface area (Å²) in [5.74, 6) is 0.937. The molecule has 94 valence electrons. The Hall–Kier alpha value is -1.96. The molecule has 2 rings (SSSR count). The van der Waals surface area contributed by atoms with Crippen molar-refractivity contribution in [3.63, 3.8) is 0 Å². The number of hydrogen-bond acceptors (Lipinski definition) is 2. The quantitative estimate of drug-likeness (QED) is 0.830. The van der Waals surface area contributed by atoms with Crippen LogP contribution in [-0.2, 0) is 6.61 Å². The van der Waals surface area contributed by atoms with Crippen molar-refractivity contribution in [3.05, 3.63) is 58.7 Å². The number of aryl methyl sites for hydroxylation is 3. The first-order chi connectivity index (χ1) is 8.58. The molecule has 0 amide bonds. The van der Waals surface area contributed by atoms with Crippen molar-refractivity contribution in [3.8, 4) is 5.75 Å². The Morgan fingerprint density at radius 3 is 2.17 bits per heavy atom. The lowest BCUT2D eigenvalue weighted by molar-refractivity contribution is 0.301. The van der Waals surface area contributed by atoms with E-state index in [4.69, 9.17) is 10.5 Å². The Morgan fingerprint density at radius 2 is 1.56 bits per heavy atom. The van der Waals surface area contributed by atoms with Crippen LogP contribution in [0, 0.1) is 20.8 Å². The minimum atomic E-state index is 0.596. The van der Waals surface area contributed by atoms with Crippen LogP contribution in [0.4, 0.5) is 5.69 Å². The number of hydrogen-bond donors (Lipinski definition) is 1. The molecule has 2 aromatic rings. The maximum atomic E-state index is 5.93. The second kappa shape index (κ2) is 5.13. The lowest BCUT2D eigenvalue weighted by Crippen LogP contribution is -2.01. The van der Waals surface area contributed by atoms with Gasteiger partial charge >= 0.3 is 0 Å². The summed E-state index contributed by atoms with van der Waals surface area (Å²) in [4.78, 5) is 0. The van der Waals surface area contributed by atoms with Gasteiger partial charge in [0.15, 0.2) is 0 Å². The molecule has 0 aliphatic rings. The fourth-order valence-electron chi connectivity index (χ4n) is 2.13. The Kier molecular flexibility index (Phi) is 3.56. The summed E-state index contributed by atoms with van der Waals surface area (Å²) in [5, 5.41) is 0. The lowest BCUT2D eigenvalue weighted by atomic mass is 10.1. The predicted molar refractivity (Wildman–Crippen MR) is 75.8 cm³/mol.